The zero-order valence-electron chi connectivity index (χ0n) is 21.0. The van der Waals surface area contributed by atoms with Crippen LogP contribution in [-0.4, -0.2) is 85.8 Å². The van der Waals surface area contributed by atoms with Crippen LogP contribution in [0.15, 0.2) is 48.0 Å². The normalized spacial score (nSPS) is 21.3. The fourth-order valence-electron chi connectivity index (χ4n) is 4.87. The van der Waals surface area contributed by atoms with Gasteiger partial charge in [0.2, 0.25) is 0 Å². The lowest BCUT2D eigenvalue weighted by atomic mass is 9.95. The van der Waals surface area contributed by atoms with E-state index in [9.17, 15) is 14.7 Å². The lowest BCUT2D eigenvalue weighted by molar-refractivity contribution is -0.140. The predicted molar refractivity (Wildman–Crippen MR) is 136 cm³/mol. The molecule has 3 aliphatic heterocycles. The van der Waals surface area contributed by atoms with Gasteiger partial charge in [-0.25, -0.2) is 0 Å². The van der Waals surface area contributed by atoms with E-state index in [2.05, 4.69) is 4.90 Å². The van der Waals surface area contributed by atoms with Gasteiger partial charge in [0.05, 0.1) is 31.4 Å². The van der Waals surface area contributed by atoms with Crippen molar-refractivity contribution in [3.05, 3.63) is 59.2 Å². The second-order valence-electron chi connectivity index (χ2n) is 9.23. The Morgan fingerprint density at radius 2 is 1.78 bits per heavy atom. The Bertz CT molecular complexity index is 1190. The topological polar surface area (TPSA) is 97.8 Å². The summed E-state index contributed by atoms with van der Waals surface area (Å²) in [6, 6.07) is 11.6. The average Bonchev–Trinajstić information content (AvgIpc) is 3.20. The van der Waals surface area contributed by atoms with Crippen molar-refractivity contribution < 1.29 is 33.6 Å². The first-order valence-electron chi connectivity index (χ1n) is 12.8. The second kappa shape index (κ2) is 11.2. The second-order valence-corrected chi connectivity index (χ2v) is 9.23. The minimum Gasteiger partial charge on any atom is -0.507 e. The summed E-state index contributed by atoms with van der Waals surface area (Å²) in [6.45, 7) is 7.19. The van der Waals surface area contributed by atoms with Crippen LogP contribution in [0.5, 0.6) is 17.2 Å². The molecule has 1 atom stereocenters. The smallest absolute Gasteiger partial charge is 0.295 e. The summed E-state index contributed by atoms with van der Waals surface area (Å²) in [7, 11) is 0. The standard InChI is InChI=1S/C28H32N2O7/c1-2-12-35-21-5-3-4-19(17-21)25-24(26(31)20-6-7-22-23(18-20)37-16-15-36-22)27(32)28(33)30(25)9-8-29-10-13-34-14-11-29/h3-7,17-18,25,31H,2,8-16H2,1H3/b26-24-. The van der Waals surface area contributed by atoms with Crippen molar-refractivity contribution >= 4 is 17.4 Å². The van der Waals surface area contributed by atoms with Crippen LogP contribution >= 0.6 is 0 Å². The number of benzene rings is 2. The molecule has 2 fully saturated rings. The van der Waals surface area contributed by atoms with Gasteiger partial charge in [0.1, 0.15) is 24.7 Å². The van der Waals surface area contributed by atoms with Gasteiger partial charge in [-0.3, -0.25) is 14.5 Å². The number of carbonyl (C=O) groups excluding carboxylic acids is 2. The highest BCUT2D eigenvalue weighted by Gasteiger charge is 2.46. The van der Waals surface area contributed by atoms with E-state index in [-0.39, 0.29) is 11.3 Å². The third kappa shape index (κ3) is 5.28. The minimum atomic E-state index is -0.751. The molecule has 2 aromatic rings. The molecule has 0 aromatic heterocycles. The lowest BCUT2D eigenvalue weighted by Crippen LogP contribution is -2.42. The summed E-state index contributed by atoms with van der Waals surface area (Å²) in [5.41, 5.74) is 1.14. The summed E-state index contributed by atoms with van der Waals surface area (Å²) >= 11 is 0. The Kier molecular flexibility index (Phi) is 7.62. The van der Waals surface area contributed by atoms with Gasteiger partial charge in [0, 0.05) is 31.7 Å². The Hall–Kier alpha value is -3.56. The molecule has 196 valence electrons. The molecule has 1 N–H and O–H groups in total. The predicted octanol–water partition coefficient (Wildman–Crippen LogP) is 3.00. The van der Waals surface area contributed by atoms with Crippen molar-refractivity contribution in [2.24, 2.45) is 0 Å². The monoisotopic (exact) mass is 508 g/mol. The number of morpholine rings is 1. The number of likely N-dealkylation sites (tertiary alicyclic amines) is 1. The number of aliphatic hydroxyl groups excluding tert-OH is 1. The van der Waals surface area contributed by atoms with Gasteiger partial charge in [0.15, 0.2) is 11.5 Å². The van der Waals surface area contributed by atoms with E-state index in [1.165, 1.54) is 0 Å². The van der Waals surface area contributed by atoms with Crippen LogP contribution in [0.25, 0.3) is 5.76 Å². The van der Waals surface area contributed by atoms with Crippen LogP contribution in [0.3, 0.4) is 0 Å². The highest BCUT2D eigenvalue weighted by Crippen LogP contribution is 2.41. The van der Waals surface area contributed by atoms with Crippen LogP contribution in [0.2, 0.25) is 0 Å². The van der Waals surface area contributed by atoms with E-state index in [4.69, 9.17) is 18.9 Å². The van der Waals surface area contributed by atoms with E-state index in [0.29, 0.717) is 74.5 Å². The molecule has 37 heavy (non-hydrogen) atoms. The Morgan fingerprint density at radius 1 is 1.00 bits per heavy atom. The van der Waals surface area contributed by atoms with Crippen molar-refractivity contribution in [3.8, 4) is 17.2 Å². The lowest BCUT2D eigenvalue weighted by Gasteiger charge is -2.31. The molecule has 5 rings (SSSR count). The van der Waals surface area contributed by atoms with Crippen LogP contribution in [-0.2, 0) is 14.3 Å². The Balaban J connectivity index is 1.53. The average molecular weight is 509 g/mol. The van der Waals surface area contributed by atoms with Crippen molar-refractivity contribution in [2.75, 3.05) is 59.2 Å². The van der Waals surface area contributed by atoms with Gasteiger partial charge >= 0.3 is 0 Å². The van der Waals surface area contributed by atoms with Crippen LogP contribution in [0.1, 0.15) is 30.5 Å². The van der Waals surface area contributed by atoms with E-state index < -0.39 is 17.7 Å². The third-order valence-corrected chi connectivity index (χ3v) is 6.76. The van der Waals surface area contributed by atoms with Gasteiger partial charge in [-0.2, -0.15) is 0 Å². The zero-order valence-corrected chi connectivity index (χ0v) is 21.0. The van der Waals surface area contributed by atoms with Crippen molar-refractivity contribution in [3.63, 3.8) is 0 Å². The maximum Gasteiger partial charge on any atom is 0.295 e. The highest BCUT2D eigenvalue weighted by molar-refractivity contribution is 6.46. The number of carbonyl (C=O) groups is 2. The number of aliphatic hydroxyl groups is 1. The van der Waals surface area contributed by atoms with E-state index in [1.54, 1.807) is 23.1 Å². The van der Waals surface area contributed by atoms with E-state index in [1.807, 2.05) is 31.2 Å². The summed E-state index contributed by atoms with van der Waals surface area (Å²) in [6.07, 6.45) is 0.854. The summed E-state index contributed by atoms with van der Waals surface area (Å²) in [5.74, 6) is 0.137. The molecular weight excluding hydrogens is 476 g/mol. The quantitative estimate of drug-likeness (QED) is 0.330. The maximum atomic E-state index is 13.4. The minimum absolute atomic E-state index is 0.0521. The molecule has 9 heteroatoms. The molecule has 3 heterocycles. The molecule has 0 radical (unpaired) electrons. The number of ether oxygens (including phenoxy) is 4. The highest BCUT2D eigenvalue weighted by atomic mass is 16.6. The molecule has 1 unspecified atom stereocenters. The first-order valence-corrected chi connectivity index (χ1v) is 12.8. The first-order chi connectivity index (χ1) is 18.1. The number of nitrogens with zero attached hydrogens (tertiary/aromatic N) is 2. The van der Waals surface area contributed by atoms with Gasteiger partial charge in [-0.05, 0) is 42.3 Å². The summed E-state index contributed by atoms with van der Waals surface area (Å²) in [4.78, 5) is 30.5. The molecule has 2 saturated heterocycles. The number of ketones is 1. The van der Waals surface area contributed by atoms with Gasteiger partial charge in [0.25, 0.3) is 11.7 Å². The van der Waals surface area contributed by atoms with Gasteiger partial charge < -0.3 is 29.0 Å². The molecule has 0 aliphatic carbocycles. The van der Waals surface area contributed by atoms with Gasteiger partial charge in [-0.15, -0.1) is 0 Å². The Morgan fingerprint density at radius 3 is 2.57 bits per heavy atom. The number of fused-ring (bicyclic) bond motifs is 1. The first kappa shape index (κ1) is 25.1. The van der Waals surface area contributed by atoms with Crippen molar-refractivity contribution in [2.45, 2.75) is 19.4 Å². The van der Waals surface area contributed by atoms with Crippen LogP contribution in [0, 0.1) is 0 Å². The number of rotatable bonds is 8. The van der Waals surface area contributed by atoms with Crippen molar-refractivity contribution in [1.29, 1.82) is 0 Å². The molecular formula is C28H32N2O7. The van der Waals surface area contributed by atoms with Crippen LogP contribution in [0.4, 0.5) is 0 Å². The maximum absolute atomic E-state index is 13.4. The fourth-order valence-corrected chi connectivity index (χ4v) is 4.87. The molecule has 0 bridgehead atoms. The summed E-state index contributed by atoms with van der Waals surface area (Å²) in [5, 5.41) is 11.4. The molecule has 0 spiro atoms. The van der Waals surface area contributed by atoms with E-state index >= 15 is 0 Å². The van der Waals surface area contributed by atoms with Gasteiger partial charge in [-0.1, -0.05) is 19.1 Å². The SMILES string of the molecule is CCCOc1cccc(C2/C(=C(/O)c3ccc4c(c3)OCCO4)C(=O)C(=O)N2CCN2CCOCC2)c1. The largest absolute Gasteiger partial charge is 0.507 e. The number of amides is 1. The zero-order chi connectivity index (χ0) is 25.8. The molecule has 2 aromatic carbocycles. The fraction of sp³-hybridized carbons (Fsp3) is 0.429. The molecule has 3 aliphatic rings. The van der Waals surface area contributed by atoms with Crippen LogP contribution < -0.4 is 14.2 Å². The number of hydrogen-bond acceptors (Lipinski definition) is 8. The molecule has 0 saturated carbocycles. The summed E-state index contributed by atoms with van der Waals surface area (Å²) < 4.78 is 22.5. The molecule has 9 nitrogen and oxygen atoms in total. The Labute approximate surface area is 216 Å². The number of hydrogen-bond donors (Lipinski definition) is 1. The molecule has 1 amide bonds. The number of Topliss-reactive ketones (excluding diaryl/α,β-unsaturated/α-hetero) is 1. The third-order valence-electron chi connectivity index (χ3n) is 6.76. The van der Waals surface area contributed by atoms with Crippen molar-refractivity contribution in [1.82, 2.24) is 9.80 Å². The van der Waals surface area contributed by atoms with E-state index in [0.717, 1.165) is 19.5 Å².